The first kappa shape index (κ1) is 19.2. The number of nitrogens with zero attached hydrogens (tertiary/aromatic N) is 1. The van der Waals surface area contributed by atoms with Crippen molar-refractivity contribution in [2.24, 2.45) is 0 Å². The van der Waals surface area contributed by atoms with Gasteiger partial charge in [-0.15, -0.1) is 11.3 Å². The third kappa shape index (κ3) is 4.39. The van der Waals surface area contributed by atoms with Crippen molar-refractivity contribution < 1.29 is 13.6 Å². The van der Waals surface area contributed by atoms with Crippen LogP contribution < -0.4 is 5.32 Å². The van der Waals surface area contributed by atoms with Gasteiger partial charge in [0.15, 0.2) is 5.13 Å². The third-order valence-electron chi connectivity index (χ3n) is 4.03. The highest BCUT2D eigenvalue weighted by Crippen LogP contribution is 2.34. The quantitative estimate of drug-likeness (QED) is 0.638. The number of nitrogens with one attached hydrogen (secondary N) is 1. The number of hydrogen-bond acceptors (Lipinski definition) is 3. The molecule has 0 aliphatic rings. The first-order valence-electron chi connectivity index (χ1n) is 8.55. The van der Waals surface area contributed by atoms with Gasteiger partial charge in [0.1, 0.15) is 17.2 Å². The average molecular weight is 386 g/mol. The first-order valence-corrected chi connectivity index (χ1v) is 9.37. The van der Waals surface area contributed by atoms with Crippen LogP contribution in [0.4, 0.5) is 13.9 Å². The summed E-state index contributed by atoms with van der Waals surface area (Å²) >= 11 is 1.33. The monoisotopic (exact) mass is 386 g/mol. The predicted octanol–water partition coefficient (Wildman–Crippen LogP) is 5.56. The summed E-state index contributed by atoms with van der Waals surface area (Å²) in [7, 11) is 0. The fourth-order valence-corrected chi connectivity index (χ4v) is 3.97. The largest absolute Gasteiger partial charge is 0.298 e. The SMILES string of the molecule is CC(C)(C)c1nc(NC(=O)c2c(F)cccc2F)sc1Cc1ccccc1. The van der Waals surface area contributed by atoms with Crippen LogP contribution in [0.15, 0.2) is 48.5 Å². The summed E-state index contributed by atoms with van der Waals surface area (Å²) in [5.41, 5.74) is 1.16. The zero-order valence-corrected chi connectivity index (χ0v) is 16.2. The number of amides is 1. The number of carbonyl (C=O) groups excluding carboxylic acids is 1. The van der Waals surface area contributed by atoms with E-state index in [1.165, 1.54) is 17.4 Å². The van der Waals surface area contributed by atoms with Gasteiger partial charge in [-0.05, 0) is 17.7 Å². The molecule has 0 atom stereocenters. The highest BCUT2D eigenvalue weighted by Gasteiger charge is 2.25. The molecule has 27 heavy (non-hydrogen) atoms. The number of halogens is 2. The van der Waals surface area contributed by atoms with Crippen molar-refractivity contribution in [3.05, 3.63) is 81.9 Å². The van der Waals surface area contributed by atoms with E-state index in [9.17, 15) is 13.6 Å². The van der Waals surface area contributed by atoms with Crippen molar-refractivity contribution in [1.29, 1.82) is 0 Å². The molecule has 3 rings (SSSR count). The summed E-state index contributed by atoms with van der Waals surface area (Å²) < 4.78 is 27.7. The second kappa shape index (κ2) is 7.56. The number of anilines is 1. The van der Waals surface area contributed by atoms with Gasteiger partial charge in [-0.25, -0.2) is 13.8 Å². The molecule has 0 saturated carbocycles. The van der Waals surface area contributed by atoms with E-state index < -0.39 is 23.1 Å². The Morgan fingerprint density at radius 2 is 1.67 bits per heavy atom. The van der Waals surface area contributed by atoms with Crippen molar-refractivity contribution in [2.45, 2.75) is 32.6 Å². The molecule has 6 heteroatoms. The molecule has 1 aromatic heterocycles. The van der Waals surface area contributed by atoms with Crippen molar-refractivity contribution in [1.82, 2.24) is 4.98 Å². The van der Waals surface area contributed by atoms with E-state index in [1.54, 1.807) is 0 Å². The first-order chi connectivity index (χ1) is 12.8. The molecule has 0 radical (unpaired) electrons. The van der Waals surface area contributed by atoms with Gasteiger partial charge >= 0.3 is 0 Å². The molecular weight excluding hydrogens is 366 g/mol. The molecule has 0 fully saturated rings. The molecule has 3 nitrogen and oxygen atoms in total. The average Bonchev–Trinajstić information content (AvgIpc) is 2.98. The van der Waals surface area contributed by atoms with E-state index in [2.05, 4.69) is 10.3 Å². The predicted molar refractivity (Wildman–Crippen MR) is 104 cm³/mol. The maximum absolute atomic E-state index is 13.8. The van der Waals surface area contributed by atoms with Crippen LogP contribution in [0.3, 0.4) is 0 Å². The molecule has 0 aliphatic heterocycles. The summed E-state index contributed by atoms with van der Waals surface area (Å²) in [6.45, 7) is 6.12. The van der Waals surface area contributed by atoms with Crippen molar-refractivity contribution in [3.63, 3.8) is 0 Å². The van der Waals surface area contributed by atoms with Crippen molar-refractivity contribution >= 4 is 22.4 Å². The Bertz CT molecular complexity index is 942. The van der Waals surface area contributed by atoms with Gasteiger partial charge in [-0.3, -0.25) is 10.1 Å². The lowest BCUT2D eigenvalue weighted by Crippen LogP contribution is -2.17. The normalized spacial score (nSPS) is 11.4. The highest BCUT2D eigenvalue weighted by molar-refractivity contribution is 7.16. The zero-order chi connectivity index (χ0) is 19.6. The summed E-state index contributed by atoms with van der Waals surface area (Å²) in [6.07, 6.45) is 0.676. The molecule has 0 saturated heterocycles. The zero-order valence-electron chi connectivity index (χ0n) is 15.3. The van der Waals surface area contributed by atoms with Gasteiger partial charge in [-0.1, -0.05) is 57.2 Å². The number of hydrogen-bond donors (Lipinski definition) is 1. The van der Waals surface area contributed by atoms with E-state index >= 15 is 0 Å². The van der Waals surface area contributed by atoms with Crippen LogP contribution in [0.1, 0.15) is 47.3 Å². The molecule has 0 spiro atoms. The molecule has 0 unspecified atom stereocenters. The van der Waals surface area contributed by atoms with Gasteiger partial charge in [-0.2, -0.15) is 0 Å². The summed E-state index contributed by atoms with van der Waals surface area (Å²) in [4.78, 5) is 17.9. The van der Waals surface area contributed by atoms with Gasteiger partial charge < -0.3 is 0 Å². The standard InChI is InChI=1S/C21H20F2N2OS/c1-21(2,3)18-16(12-13-8-5-4-6-9-13)27-20(24-18)25-19(26)17-14(22)10-7-11-15(17)23/h4-11H,12H2,1-3H3,(H,24,25,26). The molecule has 0 bridgehead atoms. The topological polar surface area (TPSA) is 42.0 Å². The molecule has 1 heterocycles. The van der Waals surface area contributed by atoms with Crippen molar-refractivity contribution in [3.8, 4) is 0 Å². The van der Waals surface area contributed by atoms with Crippen LogP contribution in [-0.4, -0.2) is 10.9 Å². The number of carbonyl (C=O) groups is 1. The minimum Gasteiger partial charge on any atom is -0.298 e. The van der Waals surface area contributed by atoms with E-state index in [0.717, 1.165) is 28.3 Å². The number of rotatable bonds is 4. The summed E-state index contributed by atoms with van der Waals surface area (Å²) in [5.74, 6) is -2.64. The Morgan fingerprint density at radius 3 is 2.26 bits per heavy atom. The van der Waals surface area contributed by atoms with Crippen LogP contribution in [0.25, 0.3) is 0 Å². The summed E-state index contributed by atoms with van der Waals surface area (Å²) in [5, 5.41) is 2.88. The Hall–Kier alpha value is -2.60. The summed E-state index contributed by atoms with van der Waals surface area (Å²) in [6, 6.07) is 13.3. The van der Waals surface area contributed by atoms with Crippen LogP contribution in [0.2, 0.25) is 0 Å². The van der Waals surface area contributed by atoms with Gasteiger partial charge in [0.05, 0.1) is 5.69 Å². The second-order valence-electron chi connectivity index (χ2n) is 7.25. The fraction of sp³-hybridized carbons (Fsp3) is 0.238. The Kier molecular flexibility index (Phi) is 5.37. The molecule has 0 aliphatic carbocycles. The Labute approximate surface area is 161 Å². The molecular formula is C21H20F2N2OS. The Morgan fingerprint density at radius 1 is 1.04 bits per heavy atom. The number of aromatic nitrogens is 1. The second-order valence-corrected chi connectivity index (χ2v) is 8.34. The van der Waals surface area contributed by atoms with Crippen LogP contribution in [0.5, 0.6) is 0 Å². The van der Waals surface area contributed by atoms with Crippen LogP contribution in [0, 0.1) is 11.6 Å². The molecule has 3 aromatic rings. The highest BCUT2D eigenvalue weighted by atomic mass is 32.1. The van der Waals surface area contributed by atoms with Crippen LogP contribution in [-0.2, 0) is 11.8 Å². The molecule has 1 amide bonds. The third-order valence-corrected chi connectivity index (χ3v) is 5.00. The number of benzene rings is 2. The molecule has 2 aromatic carbocycles. The van der Waals surface area contributed by atoms with E-state index in [1.807, 2.05) is 51.1 Å². The number of thiazole rings is 1. The lowest BCUT2D eigenvalue weighted by molar-refractivity contribution is 0.101. The minimum absolute atomic E-state index is 0.229. The van der Waals surface area contributed by atoms with E-state index in [0.29, 0.717) is 11.6 Å². The van der Waals surface area contributed by atoms with Crippen molar-refractivity contribution in [2.75, 3.05) is 5.32 Å². The van der Waals surface area contributed by atoms with Gasteiger partial charge in [0.2, 0.25) is 0 Å². The Balaban J connectivity index is 1.91. The lowest BCUT2D eigenvalue weighted by Gasteiger charge is -2.17. The smallest absolute Gasteiger partial charge is 0.263 e. The van der Waals surface area contributed by atoms with Crippen LogP contribution >= 0.6 is 11.3 Å². The van der Waals surface area contributed by atoms with Gasteiger partial charge in [0, 0.05) is 16.7 Å². The molecule has 140 valence electrons. The van der Waals surface area contributed by atoms with Gasteiger partial charge in [0.25, 0.3) is 5.91 Å². The van der Waals surface area contributed by atoms with E-state index in [4.69, 9.17) is 0 Å². The fourth-order valence-electron chi connectivity index (χ4n) is 2.77. The molecule has 1 N–H and O–H groups in total. The maximum atomic E-state index is 13.8. The minimum atomic E-state index is -0.899. The lowest BCUT2D eigenvalue weighted by atomic mass is 9.90. The maximum Gasteiger partial charge on any atom is 0.263 e. The van der Waals surface area contributed by atoms with E-state index in [-0.39, 0.29) is 5.41 Å².